The number of carbonyl (C=O) groups is 1. The highest BCUT2D eigenvalue weighted by Crippen LogP contribution is 2.30. The van der Waals surface area contributed by atoms with Crippen molar-refractivity contribution in [3.8, 4) is 0 Å². The fraction of sp³-hybridized carbons (Fsp3) is 0.167. The summed E-state index contributed by atoms with van der Waals surface area (Å²) in [7, 11) is 0. The number of carbonyl (C=O) groups excluding carboxylic acids is 1. The third kappa shape index (κ3) is 4.07. The van der Waals surface area contributed by atoms with E-state index in [-0.39, 0.29) is 0 Å². The molecule has 0 aliphatic rings. The van der Waals surface area contributed by atoms with Gasteiger partial charge in [0.2, 0.25) is 0 Å². The summed E-state index contributed by atoms with van der Waals surface area (Å²) in [6, 6.07) is 12.7. The first-order valence-electron chi connectivity index (χ1n) is 6.77. The highest BCUT2D eigenvalue weighted by molar-refractivity contribution is 5.82. The van der Waals surface area contributed by atoms with E-state index in [9.17, 15) is 18.0 Å². The fourth-order valence-corrected chi connectivity index (χ4v) is 2.22. The zero-order valence-electron chi connectivity index (χ0n) is 12.0. The fourth-order valence-electron chi connectivity index (χ4n) is 2.22. The summed E-state index contributed by atoms with van der Waals surface area (Å²) in [5.74, 6) is 0. The Morgan fingerprint density at radius 2 is 1.77 bits per heavy atom. The molecular formula is C18H15F3O. The van der Waals surface area contributed by atoms with Gasteiger partial charge in [0.1, 0.15) is 6.29 Å². The lowest BCUT2D eigenvalue weighted by molar-refractivity contribution is -0.137. The summed E-state index contributed by atoms with van der Waals surface area (Å²) in [6.45, 7) is 1.94. The summed E-state index contributed by atoms with van der Waals surface area (Å²) in [6.07, 6.45) is -1.79. The first-order valence-corrected chi connectivity index (χ1v) is 6.77. The number of hydrogen-bond acceptors (Lipinski definition) is 1. The van der Waals surface area contributed by atoms with Gasteiger partial charge in [0.15, 0.2) is 0 Å². The van der Waals surface area contributed by atoms with Crippen molar-refractivity contribution in [1.82, 2.24) is 0 Å². The van der Waals surface area contributed by atoms with E-state index in [1.165, 1.54) is 18.2 Å². The average molecular weight is 304 g/mol. The van der Waals surface area contributed by atoms with Crippen LogP contribution in [0.15, 0.2) is 54.6 Å². The Balaban J connectivity index is 2.26. The highest BCUT2D eigenvalue weighted by atomic mass is 19.4. The summed E-state index contributed by atoms with van der Waals surface area (Å²) in [4.78, 5) is 10.8. The van der Waals surface area contributed by atoms with Crippen LogP contribution in [0.3, 0.4) is 0 Å². The molecule has 0 fully saturated rings. The molecule has 0 spiro atoms. The van der Waals surface area contributed by atoms with Gasteiger partial charge in [-0.3, -0.25) is 4.79 Å². The Morgan fingerprint density at radius 1 is 1.09 bits per heavy atom. The minimum Gasteiger partial charge on any atom is -0.299 e. The zero-order valence-corrected chi connectivity index (χ0v) is 12.0. The molecule has 0 radical (unpaired) electrons. The highest BCUT2D eigenvalue weighted by Gasteiger charge is 2.29. The second-order valence-electron chi connectivity index (χ2n) is 5.07. The van der Waals surface area contributed by atoms with Crippen LogP contribution in [0.2, 0.25) is 0 Å². The minimum atomic E-state index is -4.34. The van der Waals surface area contributed by atoms with Crippen LogP contribution < -0.4 is 0 Å². The summed E-state index contributed by atoms with van der Waals surface area (Å²) >= 11 is 0. The van der Waals surface area contributed by atoms with Gasteiger partial charge in [-0.2, -0.15) is 13.2 Å². The van der Waals surface area contributed by atoms with Gasteiger partial charge in [0.25, 0.3) is 0 Å². The smallest absolute Gasteiger partial charge is 0.299 e. The molecule has 2 aromatic carbocycles. The monoisotopic (exact) mass is 304 g/mol. The van der Waals surface area contributed by atoms with Crippen molar-refractivity contribution < 1.29 is 18.0 Å². The summed E-state index contributed by atoms with van der Waals surface area (Å²) in [5.41, 5.74) is 2.78. The van der Waals surface area contributed by atoms with Crippen molar-refractivity contribution in [3.63, 3.8) is 0 Å². The topological polar surface area (TPSA) is 17.1 Å². The Kier molecular flexibility index (Phi) is 4.81. The third-order valence-electron chi connectivity index (χ3n) is 3.33. The number of benzene rings is 2. The predicted octanol–water partition coefficient (Wildman–Crippen LogP) is 4.84. The van der Waals surface area contributed by atoms with Crippen molar-refractivity contribution in [1.29, 1.82) is 0 Å². The van der Waals surface area contributed by atoms with E-state index in [0.29, 0.717) is 12.7 Å². The maximum absolute atomic E-state index is 12.6. The van der Waals surface area contributed by atoms with Gasteiger partial charge >= 0.3 is 6.18 Å². The van der Waals surface area contributed by atoms with Gasteiger partial charge in [0, 0.05) is 0 Å². The standard InChI is InChI=1S/C18H15F3O/c1-13-3-2-4-15(11-13)16(9-10-22)12-14-5-7-17(8-6-14)18(19,20)21/h2-11H,12H2,1H3/b16-9+. The van der Waals surface area contributed by atoms with Crippen molar-refractivity contribution in [2.75, 3.05) is 0 Å². The van der Waals surface area contributed by atoms with E-state index >= 15 is 0 Å². The van der Waals surface area contributed by atoms with Crippen LogP contribution in [0.4, 0.5) is 13.2 Å². The predicted molar refractivity (Wildman–Crippen MR) is 80.4 cm³/mol. The molecule has 0 aliphatic heterocycles. The first-order chi connectivity index (χ1) is 10.4. The Bertz CT molecular complexity index is 682. The molecule has 0 saturated carbocycles. The maximum Gasteiger partial charge on any atom is 0.416 e. The quantitative estimate of drug-likeness (QED) is 0.583. The number of aryl methyl sites for hydroxylation is 1. The second-order valence-corrected chi connectivity index (χ2v) is 5.07. The number of aldehydes is 1. The van der Waals surface area contributed by atoms with E-state index in [2.05, 4.69) is 0 Å². The van der Waals surface area contributed by atoms with Gasteiger partial charge in [-0.05, 0) is 48.3 Å². The third-order valence-corrected chi connectivity index (χ3v) is 3.33. The maximum atomic E-state index is 12.6. The number of rotatable bonds is 4. The molecule has 22 heavy (non-hydrogen) atoms. The van der Waals surface area contributed by atoms with Crippen LogP contribution in [-0.4, -0.2) is 6.29 Å². The van der Waals surface area contributed by atoms with Crippen molar-refractivity contribution in [2.45, 2.75) is 19.5 Å². The molecule has 2 rings (SSSR count). The molecule has 0 amide bonds. The molecule has 114 valence electrons. The molecule has 2 aromatic rings. The largest absolute Gasteiger partial charge is 0.416 e. The van der Waals surface area contributed by atoms with E-state index in [1.54, 1.807) is 0 Å². The van der Waals surface area contributed by atoms with E-state index in [1.807, 2.05) is 31.2 Å². The molecule has 0 aliphatic carbocycles. The van der Waals surface area contributed by atoms with Crippen LogP contribution in [0.25, 0.3) is 5.57 Å². The molecule has 0 saturated heterocycles. The van der Waals surface area contributed by atoms with Gasteiger partial charge in [0.05, 0.1) is 5.56 Å². The van der Waals surface area contributed by atoms with Gasteiger partial charge in [-0.15, -0.1) is 0 Å². The molecule has 0 atom stereocenters. The van der Waals surface area contributed by atoms with Gasteiger partial charge in [-0.1, -0.05) is 42.0 Å². The SMILES string of the molecule is Cc1cccc(/C(=C/C=O)Cc2ccc(C(F)(F)F)cc2)c1. The van der Waals surface area contributed by atoms with Crippen LogP contribution in [0.5, 0.6) is 0 Å². The number of hydrogen-bond donors (Lipinski definition) is 0. The van der Waals surface area contributed by atoms with Gasteiger partial charge in [-0.25, -0.2) is 0 Å². The summed E-state index contributed by atoms with van der Waals surface area (Å²) < 4.78 is 37.7. The molecule has 0 bridgehead atoms. The van der Waals surface area contributed by atoms with Crippen molar-refractivity contribution in [3.05, 3.63) is 76.9 Å². The Morgan fingerprint density at radius 3 is 2.32 bits per heavy atom. The van der Waals surface area contributed by atoms with Crippen LogP contribution in [0, 0.1) is 6.92 Å². The van der Waals surface area contributed by atoms with Crippen LogP contribution in [0.1, 0.15) is 22.3 Å². The second kappa shape index (κ2) is 6.60. The molecule has 1 nitrogen and oxygen atoms in total. The molecule has 0 N–H and O–H groups in total. The Hall–Kier alpha value is -2.36. The first kappa shape index (κ1) is 16.0. The summed E-state index contributed by atoms with van der Waals surface area (Å²) in [5, 5.41) is 0. The van der Waals surface area contributed by atoms with E-state index in [0.717, 1.165) is 34.4 Å². The lowest BCUT2D eigenvalue weighted by Crippen LogP contribution is -2.04. The Labute approximate surface area is 127 Å². The van der Waals surface area contributed by atoms with Gasteiger partial charge < -0.3 is 0 Å². The molecule has 4 heteroatoms. The van der Waals surface area contributed by atoms with Crippen LogP contribution >= 0.6 is 0 Å². The average Bonchev–Trinajstić information content (AvgIpc) is 2.46. The minimum absolute atomic E-state index is 0.403. The lowest BCUT2D eigenvalue weighted by atomic mass is 9.96. The van der Waals surface area contributed by atoms with Crippen molar-refractivity contribution >= 4 is 11.9 Å². The normalized spacial score (nSPS) is 12.3. The molecule has 0 aromatic heterocycles. The van der Waals surface area contributed by atoms with Crippen LogP contribution in [-0.2, 0) is 17.4 Å². The molecule has 0 heterocycles. The number of allylic oxidation sites excluding steroid dienone is 2. The lowest BCUT2D eigenvalue weighted by Gasteiger charge is -2.10. The zero-order chi connectivity index (χ0) is 16.2. The van der Waals surface area contributed by atoms with Crippen molar-refractivity contribution in [2.24, 2.45) is 0 Å². The van der Waals surface area contributed by atoms with E-state index < -0.39 is 11.7 Å². The van der Waals surface area contributed by atoms with E-state index in [4.69, 9.17) is 0 Å². The number of halogens is 3. The molecule has 0 unspecified atom stereocenters. The molecular weight excluding hydrogens is 289 g/mol. The number of alkyl halides is 3.